The number of rotatable bonds is 8. The lowest BCUT2D eigenvalue weighted by Crippen LogP contribution is -2.40. The summed E-state index contributed by atoms with van der Waals surface area (Å²) in [7, 11) is 1.69. The molecule has 0 fully saturated rings. The summed E-state index contributed by atoms with van der Waals surface area (Å²) in [6, 6.07) is 14.5. The van der Waals surface area contributed by atoms with Crippen molar-refractivity contribution in [3.05, 3.63) is 71.7 Å². The highest BCUT2D eigenvalue weighted by molar-refractivity contribution is 14.0. The largest absolute Gasteiger partial charge is 0.361 e. The second kappa shape index (κ2) is 12.2. The van der Waals surface area contributed by atoms with E-state index < -0.39 is 0 Å². The highest BCUT2D eigenvalue weighted by Crippen LogP contribution is 2.19. The van der Waals surface area contributed by atoms with E-state index in [1.807, 2.05) is 36.5 Å². The maximum Gasteiger partial charge on any atom is 0.222 e. The van der Waals surface area contributed by atoms with E-state index in [2.05, 4.69) is 25.9 Å². The molecule has 1 aromatic heterocycles. The lowest BCUT2D eigenvalue weighted by atomic mass is 10.1. The lowest BCUT2D eigenvalue weighted by molar-refractivity contribution is -0.121. The van der Waals surface area contributed by atoms with E-state index in [1.54, 1.807) is 19.2 Å². The van der Waals surface area contributed by atoms with Gasteiger partial charge in [0.25, 0.3) is 0 Å². The van der Waals surface area contributed by atoms with E-state index >= 15 is 0 Å². The van der Waals surface area contributed by atoms with Crippen molar-refractivity contribution in [2.45, 2.75) is 19.4 Å². The Balaban J connectivity index is 0.00000320. The zero-order valence-corrected chi connectivity index (χ0v) is 19.2. The molecule has 2 aromatic carbocycles. The van der Waals surface area contributed by atoms with Crippen molar-refractivity contribution >= 4 is 46.7 Å². The van der Waals surface area contributed by atoms with Crippen LogP contribution in [0.2, 0.25) is 0 Å². The van der Waals surface area contributed by atoms with E-state index in [1.165, 1.54) is 6.07 Å². The Morgan fingerprint density at radius 2 is 1.83 bits per heavy atom. The van der Waals surface area contributed by atoms with Crippen LogP contribution in [0.3, 0.4) is 0 Å². The summed E-state index contributed by atoms with van der Waals surface area (Å²) in [6.45, 7) is 1.65. The number of amides is 1. The van der Waals surface area contributed by atoms with Crippen LogP contribution in [0, 0.1) is 5.82 Å². The van der Waals surface area contributed by atoms with Crippen LogP contribution in [-0.2, 0) is 17.8 Å². The van der Waals surface area contributed by atoms with Gasteiger partial charge < -0.3 is 20.9 Å². The van der Waals surface area contributed by atoms with Gasteiger partial charge in [0, 0.05) is 50.2 Å². The van der Waals surface area contributed by atoms with Gasteiger partial charge in [-0.1, -0.05) is 30.3 Å². The summed E-state index contributed by atoms with van der Waals surface area (Å²) < 4.78 is 13.5. The Bertz CT molecular complexity index is 974. The molecule has 6 nitrogen and oxygen atoms in total. The predicted octanol–water partition coefficient (Wildman–Crippen LogP) is 3.34. The number of aromatic nitrogens is 1. The van der Waals surface area contributed by atoms with Crippen molar-refractivity contribution in [1.82, 2.24) is 20.9 Å². The summed E-state index contributed by atoms with van der Waals surface area (Å²) in [6.07, 6.45) is 2.98. The predicted molar refractivity (Wildman–Crippen MR) is 130 cm³/mol. The van der Waals surface area contributed by atoms with Gasteiger partial charge in [-0.3, -0.25) is 9.79 Å². The van der Waals surface area contributed by atoms with Gasteiger partial charge in [0.05, 0.1) is 0 Å². The molecule has 8 heteroatoms. The van der Waals surface area contributed by atoms with Crippen LogP contribution in [-0.4, -0.2) is 37.0 Å². The molecular weight excluding hydrogens is 496 g/mol. The van der Waals surface area contributed by atoms with Gasteiger partial charge in [0.1, 0.15) is 5.82 Å². The number of carbonyl (C=O) groups excluding carboxylic acids is 1. The number of aromatic amines is 1. The molecule has 160 valence electrons. The van der Waals surface area contributed by atoms with E-state index in [-0.39, 0.29) is 35.7 Å². The second-order valence-electron chi connectivity index (χ2n) is 6.69. The van der Waals surface area contributed by atoms with Gasteiger partial charge in [-0.15, -0.1) is 24.0 Å². The lowest BCUT2D eigenvalue weighted by Gasteiger charge is -2.12. The minimum absolute atomic E-state index is 0. The molecule has 0 saturated heterocycles. The first-order chi connectivity index (χ1) is 14.2. The number of H-pyrrole nitrogens is 1. The molecule has 0 aliphatic carbocycles. The third-order valence-corrected chi connectivity index (χ3v) is 4.62. The van der Waals surface area contributed by atoms with Crippen molar-refractivity contribution in [2.75, 3.05) is 20.1 Å². The number of nitrogens with one attached hydrogen (secondary N) is 4. The zero-order chi connectivity index (χ0) is 20.5. The first-order valence-electron chi connectivity index (χ1n) is 9.66. The average molecular weight is 523 g/mol. The van der Waals surface area contributed by atoms with Gasteiger partial charge in [-0.25, -0.2) is 4.39 Å². The maximum absolute atomic E-state index is 13.5. The number of fused-ring (bicyclic) bond motifs is 1. The fraction of sp³-hybridized carbons (Fsp3) is 0.273. The smallest absolute Gasteiger partial charge is 0.222 e. The number of nitrogens with zero attached hydrogens (tertiary/aromatic N) is 1. The van der Waals surface area contributed by atoms with Crippen molar-refractivity contribution in [2.24, 2.45) is 4.99 Å². The standard InChI is InChI=1S/C22H26FN5O.HI/c1-24-22(26-12-10-21(29)28-14-16-5-3-2-4-6-16)25-11-9-17-15-27-20-8-7-18(23)13-19(17)20;/h2-8,13,15,27H,9-12,14H2,1H3,(H,28,29)(H2,24,25,26);1H. The zero-order valence-electron chi connectivity index (χ0n) is 16.9. The van der Waals surface area contributed by atoms with E-state index in [0.717, 1.165) is 28.5 Å². The molecule has 3 rings (SSSR count). The van der Waals surface area contributed by atoms with Crippen LogP contribution in [0.1, 0.15) is 17.5 Å². The van der Waals surface area contributed by atoms with Crippen LogP contribution in [0.4, 0.5) is 4.39 Å². The molecule has 0 atom stereocenters. The van der Waals surface area contributed by atoms with Crippen molar-refractivity contribution < 1.29 is 9.18 Å². The first-order valence-corrected chi connectivity index (χ1v) is 9.66. The van der Waals surface area contributed by atoms with E-state index in [0.29, 0.717) is 32.0 Å². The Hall–Kier alpha value is -2.62. The molecule has 0 bridgehead atoms. The average Bonchev–Trinajstić information content (AvgIpc) is 3.14. The number of aliphatic imine (C=N–C) groups is 1. The fourth-order valence-electron chi connectivity index (χ4n) is 3.07. The number of hydrogen-bond donors (Lipinski definition) is 4. The number of guanidine groups is 1. The van der Waals surface area contributed by atoms with Gasteiger partial charge in [0.2, 0.25) is 5.91 Å². The van der Waals surface area contributed by atoms with Gasteiger partial charge in [-0.2, -0.15) is 0 Å². The van der Waals surface area contributed by atoms with Crippen LogP contribution >= 0.6 is 24.0 Å². The van der Waals surface area contributed by atoms with E-state index in [9.17, 15) is 9.18 Å². The minimum Gasteiger partial charge on any atom is -0.361 e. The number of carbonyl (C=O) groups is 1. The van der Waals surface area contributed by atoms with Gasteiger partial charge in [0.15, 0.2) is 5.96 Å². The molecule has 0 spiro atoms. The number of hydrogen-bond acceptors (Lipinski definition) is 2. The second-order valence-corrected chi connectivity index (χ2v) is 6.69. The highest BCUT2D eigenvalue weighted by atomic mass is 127. The van der Waals surface area contributed by atoms with E-state index in [4.69, 9.17) is 0 Å². The topological polar surface area (TPSA) is 81.3 Å². The molecule has 0 unspecified atom stereocenters. The third kappa shape index (κ3) is 7.01. The van der Waals surface area contributed by atoms with Gasteiger partial charge in [-0.05, 0) is 35.7 Å². The first kappa shape index (κ1) is 23.7. The summed E-state index contributed by atoms with van der Waals surface area (Å²) in [4.78, 5) is 19.3. The number of benzene rings is 2. The molecule has 30 heavy (non-hydrogen) atoms. The molecule has 0 radical (unpaired) electrons. The summed E-state index contributed by atoms with van der Waals surface area (Å²) in [5.41, 5.74) is 3.04. The SMILES string of the molecule is CN=C(NCCC(=O)NCc1ccccc1)NCCc1c[nH]c2ccc(F)cc12.I. The Kier molecular flexibility index (Phi) is 9.59. The third-order valence-electron chi connectivity index (χ3n) is 4.62. The van der Waals surface area contributed by atoms with Crippen molar-refractivity contribution in [3.8, 4) is 0 Å². The summed E-state index contributed by atoms with van der Waals surface area (Å²) in [5.74, 6) is 0.374. The van der Waals surface area contributed by atoms with Crippen LogP contribution < -0.4 is 16.0 Å². The normalized spacial score (nSPS) is 11.1. The molecular formula is C22H27FIN5O. The molecule has 3 aromatic rings. The molecule has 0 aliphatic rings. The fourth-order valence-corrected chi connectivity index (χ4v) is 3.07. The Morgan fingerprint density at radius 1 is 1.07 bits per heavy atom. The molecule has 0 aliphatic heterocycles. The van der Waals surface area contributed by atoms with Gasteiger partial charge >= 0.3 is 0 Å². The highest BCUT2D eigenvalue weighted by Gasteiger charge is 2.06. The number of halogens is 2. The van der Waals surface area contributed by atoms with Crippen LogP contribution in [0.25, 0.3) is 10.9 Å². The minimum atomic E-state index is -0.241. The van der Waals surface area contributed by atoms with Crippen LogP contribution in [0.5, 0.6) is 0 Å². The molecule has 0 saturated carbocycles. The molecule has 4 N–H and O–H groups in total. The maximum atomic E-state index is 13.5. The van der Waals surface area contributed by atoms with Crippen LogP contribution in [0.15, 0.2) is 59.7 Å². The van der Waals surface area contributed by atoms with Crippen molar-refractivity contribution in [1.29, 1.82) is 0 Å². The summed E-state index contributed by atoms with van der Waals surface area (Å²) >= 11 is 0. The molecule has 1 amide bonds. The molecule has 1 heterocycles. The Labute approximate surface area is 192 Å². The quantitative estimate of drug-likeness (QED) is 0.208. The Morgan fingerprint density at radius 3 is 2.60 bits per heavy atom. The van der Waals surface area contributed by atoms with Crippen molar-refractivity contribution in [3.63, 3.8) is 0 Å². The monoisotopic (exact) mass is 523 g/mol. The summed E-state index contributed by atoms with van der Waals surface area (Å²) in [5, 5.41) is 10.1.